The number of aromatic amines is 1. The molecule has 2 heterocycles. The first kappa shape index (κ1) is 15.8. The summed E-state index contributed by atoms with van der Waals surface area (Å²) in [7, 11) is 2.14. The first-order valence-electron chi connectivity index (χ1n) is 8.69. The van der Waals surface area contributed by atoms with Crippen molar-refractivity contribution in [2.75, 3.05) is 18.9 Å². The second-order valence-electron chi connectivity index (χ2n) is 6.84. The number of H-pyrrole nitrogens is 1. The number of nitrogens with one attached hydrogen (secondary N) is 2. The minimum atomic E-state index is 0.000733. The van der Waals surface area contributed by atoms with Gasteiger partial charge in [-0.3, -0.25) is 9.89 Å². The molecule has 128 valence electrons. The molecule has 0 bridgehead atoms. The van der Waals surface area contributed by atoms with Crippen LogP contribution >= 0.6 is 0 Å². The molecule has 1 aliphatic rings. The van der Waals surface area contributed by atoms with Crippen molar-refractivity contribution < 1.29 is 4.79 Å². The van der Waals surface area contributed by atoms with Gasteiger partial charge in [-0.2, -0.15) is 5.10 Å². The van der Waals surface area contributed by atoms with Gasteiger partial charge in [0.2, 0.25) is 5.91 Å². The summed E-state index contributed by atoms with van der Waals surface area (Å²) in [5.74, 6) is 0.000733. The lowest BCUT2D eigenvalue weighted by Crippen LogP contribution is -2.17. The normalized spacial score (nSPS) is 14.9. The fraction of sp³-hybridized carbons (Fsp3) is 0.300. The highest BCUT2D eigenvalue weighted by atomic mass is 16.1. The number of benzene rings is 2. The lowest BCUT2D eigenvalue weighted by Gasteiger charge is -2.14. The molecule has 4 rings (SSSR count). The van der Waals surface area contributed by atoms with Gasteiger partial charge in [0, 0.05) is 17.6 Å². The van der Waals surface area contributed by atoms with Gasteiger partial charge in [0.25, 0.3) is 0 Å². The molecule has 0 aliphatic carbocycles. The van der Waals surface area contributed by atoms with Gasteiger partial charge in [-0.05, 0) is 61.3 Å². The molecule has 1 aliphatic heterocycles. The monoisotopic (exact) mass is 334 g/mol. The van der Waals surface area contributed by atoms with Gasteiger partial charge in [0.1, 0.15) is 0 Å². The van der Waals surface area contributed by atoms with Crippen LogP contribution in [0.4, 0.5) is 5.69 Å². The minimum Gasteiger partial charge on any atom is -0.326 e. The second kappa shape index (κ2) is 6.69. The molecule has 0 spiro atoms. The Hall–Kier alpha value is -2.66. The van der Waals surface area contributed by atoms with Gasteiger partial charge < -0.3 is 10.2 Å². The van der Waals surface area contributed by atoms with Crippen LogP contribution < -0.4 is 5.32 Å². The molecule has 1 amide bonds. The SMILES string of the molecule is CN1CCCc2ccc(NC(=O)Cc3ccc4cn[nH]c4c3)cc2C1. The van der Waals surface area contributed by atoms with E-state index < -0.39 is 0 Å². The van der Waals surface area contributed by atoms with Gasteiger partial charge in [-0.1, -0.05) is 18.2 Å². The zero-order chi connectivity index (χ0) is 17.2. The quantitative estimate of drug-likeness (QED) is 0.774. The largest absolute Gasteiger partial charge is 0.326 e. The lowest BCUT2D eigenvalue weighted by atomic mass is 10.0. The average molecular weight is 334 g/mol. The third kappa shape index (κ3) is 3.56. The number of rotatable bonds is 3. The van der Waals surface area contributed by atoms with E-state index in [2.05, 4.69) is 39.6 Å². The summed E-state index contributed by atoms with van der Waals surface area (Å²) in [6, 6.07) is 12.2. The molecule has 5 nitrogen and oxygen atoms in total. The number of anilines is 1. The summed E-state index contributed by atoms with van der Waals surface area (Å²) in [4.78, 5) is 14.7. The lowest BCUT2D eigenvalue weighted by molar-refractivity contribution is -0.115. The van der Waals surface area contributed by atoms with Crippen molar-refractivity contribution >= 4 is 22.5 Å². The van der Waals surface area contributed by atoms with Crippen molar-refractivity contribution in [1.82, 2.24) is 15.1 Å². The highest BCUT2D eigenvalue weighted by molar-refractivity contribution is 5.93. The van der Waals surface area contributed by atoms with E-state index >= 15 is 0 Å². The molecular formula is C20H22N4O. The number of fused-ring (bicyclic) bond motifs is 2. The van der Waals surface area contributed by atoms with Gasteiger partial charge in [0.15, 0.2) is 0 Å². The summed E-state index contributed by atoms with van der Waals surface area (Å²) in [6.45, 7) is 2.06. The van der Waals surface area contributed by atoms with E-state index in [1.807, 2.05) is 24.3 Å². The summed E-state index contributed by atoms with van der Waals surface area (Å²) in [6.07, 6.45) is 4.43. The van der Waals surface area contributed by atoms with Gasteiger partial charge in [-0.15, -0.1) is 0 Å². The van der Waals surface area contributed by atoms with Crippen LogP contribution in [0.1, 0.15) is 23.1 Å². The van der Waals surface area contributed by atoms with E-state index in [-0.39, 0.29) is 5.91 Å². The summed E-state index contributed by atoms with van der Waals surface area (Å²) >= 11 is 0. The fourth-order valence-electron chi connectivity index (χ4n) is 3.49. The maximum absolute atomic E-state index is 12.4. The maximum atomic E-state index is 12.4. The molecule has 0 radical (unpaired) electrons. The van der Waals surface area contributed by atoms with E-state index in [0.29, 0.717) is 6.42 Å². The number of amides is 1. The number of hydrogen-bond acceptors (Lipinski definition) is 3. The average Bonchev–Trinajstić information content (AvgIpc) is 2.96. The standard InChI is InChI=1S/C20H22N4O/c1-24-8-2-3-15-6-7-18(11-17(15)13-24)22-20(25)10-14-4-5-16-12-21-23-19(16)9-14/h4-7,9,11-12H,2-3,8,10,13H2,1H3,(H,21,23)(H,22,25). The van der Waals surface area contributed by atoms with E-state index in [9.17, 15) is 4.79 Å². The van der Waals surface area contributed by atoms with Gasteiger partial charge in [0.05, 0.1) is 18.1 Å². The first-order valence-corrected chi connectivity index (χ1v) is 8.69. The molecular weight excluding hydrogens is 312 g/mol. The first-order chi connectivity index (χ1) is 12.2. The molecule has 0 unspecified atom stereocenters. The Morgan fingerprint density at radius 3 is 3.08 bits per heavy atom. The van der Waals surface area contributed by atoms with Crippen LogP contribution in [-0.4, -0.2) is 34.6 Å². The number of aryl methyl sites for hydroxylation is 1. The predicted octanol–water partition coefficient (Wildman–Crippen LogP) is 3.12. The van der Waals surface area contributed by atoms with Gasteiger partial charge >= 0.3 is 0 Å². The van der Waals surface area contributed by atoms with E-state index in [0.717, 1.165) is 41.7 Å². The summed E-state index contributed by atoms with van der Waals surface area (Å²) in [5.41, 5.74) is 5.52. The fourth-order valence-corrected chi connectivity index (χ4v) is 3.49. The molecule has 0 atom stereocenters. The van der Waals surface area contributed by atoms with Crippen molar-refractivity contribution in [3.63, 3.8) is 0 Å². The topological polar surface area (TPSA) is 61.0 Å². The molecule has 0 saturated carbocycles. The van der Waals surface area contributed by atoms with Crippen LogP contribution in [0.5, 0.6) is 0 Å². The molecule has 5 heteroatoms. The molecule has 3 aromatic rings. The number of carbonyl (C=O) groups excluding carboxylic acids is 1. The van der Waals surface area contributed by atoms with E-state index in [4.69, 9.17) is 0 Å². The Labute approximate surface area is 147 Å². The second-order valence-corrected chi connectivity index (χ2v) is 6.84. The number of carbonyl (C=O) groups is 1. The third-order valence-corrected chi connectivity index (χ3v) is 4.79. The predicted molar refractivity (Wildman–Crippen MR) is 99.5 cm³/mol. The Bertz CT molecular complexity index is 915. The molecule has 1 aromatic heterocycles. The van der Waals surface area contributed by atoms with Crippen LogP contribution in [-0.2, 0) is 24.2 Å². The van der Waals surface area contributed by atoms with Gasteiger partial charge in [-0.25, -0.2) is 0 Å². The molecule has 2 aromatic carbocycles. The highest BCUT2D eigenvalue weighted by Crippen LogP contribution is 2.22. The smallest absolute Gasteiger partial charge is 0.228 e. The van der Waals surface area contributed by atoms with Crippen LogP contribution in [0.3, 0.4) is 0 Å². The number of hydrogen-bond donors (Lipinski definition) is 2. The van der Waals surface area contributed by atoms with Crippen LogP contribution in [0.15, 0.2) is 42.6 Å². The molecule has 25 heavy (non-hydrogen) atoms. The Morgan fingerprint density at radius 2 is 2.16 bits per heavy atom. The maximum Gasteiger partial charge on any atom is 0.228 e. The minimum absolute atomic E-state index is 0.000733. The summed E-state index contributed by atoms with van der Waals surface area (Å²) < 4.78 is 0. The number of aromatic nitrogens is 2. The Balaban J connectivity index is 1.47. The van der Waals surface area contributed by atoms with E-state index in [1.165, 1.54) is 17.5 Å². The summed E-state index contributed by atoms with van der Waals surface area (Å²) in [5, 5.41) is 11.0. The molecule has 2 N–H and O–H groups in total. The Morgan fingerprint density at radius 1 is 1.24 bits per heavy atom. The van der Waals surface area contributed by atoms with Crippen LogP contribution in [0.25, 0.3) is 10.9 Å². The zero-order valence-electron chi connectivity index (χ0n) is 14.4. The van der Waals surface area contributed by atoms with Crippen LogP contribution in [0.2, 0.25) is 0 Å². The Kier molecular flexibility index (Phi) is 4.24. The van der Waals surface area contributed by atoms with Crippen molar-refractivity contribution in [3.05, 3.63) is 59.3 Å². The zero-order valence-corrected chi connectivity index (χ0v) is 14.4. The number of nitrogens with zero attached hydrogens (tertiary/aromatic N) is 2. The van der Waals surface area contributed by atoms with Crippen molar-refractivity contribution in [1.29, 1.82) is 0 Å². The van der Waals surface area contributed by atoms with Crippen LogP contribution in [0, 0.1) is 0 Å². The van der Waals surface area contributed by atoms with Crippen molar-refractivity contribution in [2.24, 2.45) is 0 Å². The van der Waals surface area contributed by atoms with E-state index in [1.54, 1.807) is 6.20 Å². The van der Waals surface area contributed by atoms with Crippen molar-refractivity contribution in [2.45, 2.75) is 25.8 Å². The third-order valence-electron chi connectivity index (χ3n) is 4.79. The highest BCUT2D eigenvalue weighted by Gasteiger charge is 2.13. The molecule has 0 fully saturated rings. The van der Waals surface area contributed by atoms with Crippen molar-refractivity contribution in [3.8, 4) is 0 Å². The molecule has 0 saturated heterocycles.